The first-order valence-electron chi connectivity index (χ1n) is 6.46. The molecule has 2 aromatic carbocycles. The highest BCUT2D eigenvalue weighted by molar-refractivity contribution is 6.34. The smallest absolute Gasteiger partial charge is 0.257 e. The predicted molar refractivity (Wildman–Crippen MR) is 84.7 cm³/mol. The van der Waals surface area contributed by atoms with E-state index in [0.717, 1.165) is 11.3 Å². The van der Waals surface area contributed by atoms with Crippen LogP contribution < -0.4 is 10.5 Å². The number of carbonyl (C=O) groups excluding carboxylic acids is 1. The Hall–Kier alpha value is -2.20. The Morgan fingerprint density at radius 1 is 1.24 bits per heavy atom. The molecule has 110 valence electrons. The summed E-state index contributed by atoms with van der Waals surface area (Å²) in [5.74, 6) is 0.522. The Morgan fingerprint density at radius 3 is 2.62 bits per heavy atom. The molecular weight excluding hydrogens is 288 g/mol. The monoisotopic (exact) mass is 304 g/mol. The van der Waals surface area contributed by atoms with Gasteiger partial charge in [-0.25, -0.2) is 0 Å². The lowest BCUT2D eigenvalue weighted by atomic mass is 10.1. The summed E-state index contributed by atoms with van der Waals surface area (Å²) in [5.41, 5.74) is 7.48. The number of methoxy groups -OCH3 is 1. The highest BCUT2D eigenvalue weighted by Gasteiger charge is 2.19. The molecule has 0 fully saturated rings. The third-order valence-electron chi connectivity index (χ3n) is 3.21. The van der Waals surface area contributed by atoms with Gasteiger partial charge in [-0.2, -0.15) is 0 Å². The average molecular weight is 305 g/mol. The van der Waals surface area contributed by atoms with Gasteiger partial charge in [0, 0.05) is 24.8 Å². The molecule has 0 saturated heterocycles. The van der Waals surface area contributed by atoms with Crippen LogP contribution in [-0.2, 0) is 6.54 Å². The molecule has 21 heavy (non-hydrogen) atoms. The molecule has 0 bridgehead atoms. The fourth-order valence-electron chi connectivity index (χ4n) is 2.12. The molecule has 2 N–H and O–H groups in total. The number of benzene rings is 2. The SMILES string of the molecule is COc1ccccc1CN(C)C(=O)c1c(N)cccc1Cl. The Bertz CT molecular complexity index is 638. The number of nitrogens with two attached hydrogens (primary N) is 1. The molecule has 0 aliphatic rings. The Morgan fingerprint density at radius 2 is 1.95 bits per heavy atom. The van der Waals surface area contributed by atoms with Crippen molar-refractivity contribution in [2.24, 2.45) is 0 Å². The largest absolute Gasteiger partial charge is 0.496 e. The van der Waals surface area contributed by atoms with Crippen LogP contribution in [0.3, 0.4) is 0 Å². The molecule has 0 radical (unpaired) electrons. The van der Waals surface area contributed by atoms with E-state index in [1.807, 2.05) is 24.3 Å². The number of para-hydroxylation sites is 1. The molecule has 0 aliphatic carbocycles. The van der Waals surface area contributed by atoms with Crippen LogP contribution >= 0.6 is 11.6 Å². The first kappa shape index (κ1) is 15.2. The van der Waals surface area contributed by atoms with Crippen molar-refractivity contribution in [3.05, 3.63) is 58.6 Å². The number of ether oxygens (including phenoxy) is 1. The van der Waals surface area contributed by atoms with Gasteiger partial charge in [-0.1, -0.05) is 35.9 Å². The molecule has 0 aliphatic heterocycles. The number of amides is 1. The van der Waals surface area contributed by atoms with E-state index in [1.54, 1.807) is 37.3 Å². The Kier molecular flexibility index (Phi) is 4.70. The van der Waals surface area contributed by atoms with Gasteiger partial charge in [0.25, 0.3) is 5.91 Å². The Balaban J connectivity index is 2.24. The van der Waals surface area contributed by atoms with Crippen LogP contribution in [0.5, 0.6) is 5.75 Å². The third kappa shape index (κ3) is 3.28. The first-order chi connectivity index (χ1) is 10.0. The maximum Gasteiger partial charge on any atom is 0.257 e. The summed E-state index contributed by atoms with van der Waals surface area (Å²) in [6.45, 7) is 0.410. The van der Waals surface area contributed by atoms with Gasteiger partial charge >= 0.3 is 0 Å². The zero-order chi connectivity index (χ0) is 15.4. The van der Waals surface area contributed by atoms with Gasteiger partial charge in [0.2, 0.25) is 0 Å². The fourth-order valence-corrected chi connectivity index (χ4v) is 2.38. The van der Waals surface area contributed by atoms with Gasteiger partial charge in [0.15, 0.2) is 0 Å². The molecule has 0 atom stereocenters. The van der Waals surface area contributed by atoms with Gasteiger partial charge < -0.3 is 15.4 Å². The third-order valence-corrected chi connectivity index (χ3v) is 3.52. The minimum absolute atomic E-state index is 0.219. The molecule has 0 unspecified atom stereocenters. The molecule has 0 spiro atoms. The van der Waals surface area contributed by atoms with E-state index < -0.39 is 0 Å². The normalized spacial score (nSPS) is 10.2. The molecule has 5 heteroatoms. The second-order valence-electron chi connectivity index (χ2n) is 4.68. The summed E-state index contributed by atoms with van der Waals surface area (Å²) in [5, 5.41) is 0.354. The quantitative estimate of drug-likeness (QED) is 0.883. The van der Waals surface area contributed by atoms with Gasteiger partial charge in [-0.05, 0) is 18.2 Å². The van der Waals surface area contributed by atoms with Crippen LogP contribution in [0.15, 0.2) is 42.5 Å². The van der Waals surface area contributed by atoms with E-state index in [2.05, 4.69) is 0 Å². The second kappa shape index (κ2) is 6.50. The van der Waals surface area contributed by atoms with Crippen LogP contribution in [0.2, 0.25) is 5.02 Å². The number of halogens is 1. The maximum atomic E-state index is 12.5. The van der Waals surface area contributed by atoms with E-state index in [1.165, 1.54) is 0 Å². The number of hydrogen-bond donors (Lipinski definition) is 1. The standard InChI is InChI=1S/C16H17ClN2O2/c1-19(10-11-6-3-4-9-14(11)21-2)16(20)15-12(17)7-5-8-13(15)18/h3-9H,10,18H2,1-2H3. The van der Waals surface area contributed by atoms with E-state index in [0.29, 0.717) is 22.8 Å². The number of hydrogen-bond acceptors (Lipinski definition) is 3. The summed E-state index contributed by atoms with van der Waals surface area (Å²) in [6, 6.07) is 12.6. The van der Waals surface area contributed by atoms with E-state index >= 15 is 0 Å². The predicted octanol–water partition coefficient (Wildman–Crippen LogP) is 3.20. The van der Waals surface area contributed by atoms with Crippen LogP contribution in [0, 0.1) is 0 Å². The molecule has 2 aromatic rings. The van der Waals surface area contributed by atoms with Crippen LogP contribution in [0.1, 0.15) is 15.9 Å². The zero-order valence-electron chi connectivity index (χ0n) is 12.0. The number of carbonyl (C=O) groups is 1. The van der Waals surface area contributed by atoms with Crippen molar-refractivity contribution in [1.29, 1.82) is 0 Å². The van der Waals surface area contributed by atoms with E-state index in [-0.39, 0.29) is 5.91 Å². The number of nitrogens with zero attached hydrogens (tertiary/aromatic N) is 1. The van der Waals surface area contributed by atoms with Crippen molar-refractivity contribution >= 4 is 23.2 Å². The van der Waals surface area contributed by atoms with Crippen molar-refractivity contribution in [1.82, 2.24) is 4.90 Å². The van der Waals surface area contributed by atoms with Crippen molar-refractivity contribution in [2.45, 2.75) is 6.54 Å². The summed E-state index contributed by atoms with van der Waals surface area (Å²) in [4.78, 5) is 14.1. The van der Waals surface area contributed by atoms with Gasteiger partial charge in [0.1, 0.15) is 5.75 Å². The lowest BCUT2D eigenvalue weighted by Gasteiger charge is -2.20. The van der Waals surface area contributed by atoms with Crippen molar-refractivity contribution in [3.63, 3.8) is 0 Å². The highest BCUT2D eigenvalue weighted by Crippen LogP contribution is 2.25. The molecule has 2 rings (SSSR count). The molecule has 1 amide bonds. The van der Waals surface area contributed by atoms with E-state index in [9.17, 15) is 4.79 Å². The number of rotatable bonds is 4. The molecule has 0 heterocycles. The van der Waals surface area contributed by atoms with Crippen LogP contribution in [0.4, 0.5) is 5.69 Å². The second-order valence-corrected chi connectivity index (χ2v) is 5.08. The lowest BCUT2D eigenvalue weighted by Crippen LogP contribution is -2.27. The van der Waals surface area contributed by atoms with E-state index in [4.69, 9.17) is 22.1 Å². The first-order valence-corrected chi connectivity index (χ1v) is 6.83. The fraction of sp³-hybridized carbons (Fsp3) is 0.188. The lowest BCUT2D eigenvalue weighted by molar-refractivity contribution is 0.0785. The van der Waals surface area contributed by atoms with Crippen molar-refractivity contribution in [3.8, 4) is 5.75 Å². The zero-order valence-corrected chi connectivity index (χ0v) is 12.7. The summed E-state index contributed by atoms with van der Waals surface area (Å²) in [6.07, 6.45) is 0. The minimum atomic E-state index is -0.219. The molecule has 0 aromatic heterocycles. The summed E-state index contributed by atoms with van der Waals surface area (Å²) in [7, 11) is 3.31. The maximum absolute atomic E-state index is 12.5. The molecule has 0 saturated carbocycles. The Labute approximate surface area is 129 Å². The molecular formula is C16H17ClN2O2. The number of nitrogen functional groups attached to an aromatic ring is 1. The van der Waals surface area contributed by atoms with Gasteiger partial charge in [-0.15, -0.1) is 0 Å². The van der Waals surface area contributed by atoms with Crippen molar-refractivity contribution < 1.29 is 9.53 Å². The average Bonchev–Trinajstić information content (AvgIpc) is 2.47. The van der Waals surface area contributed by atoms with Crippen LogP contribution in [-0.4, -0.2) is 25.0 Å². The minimum Gasteiger partial charge on any atom is -0.496 e. The summed E-state index contributed by atoms with van der Waals surface area (Å²) >= 11 is 6.08. The summed E-state index contributed by atoms with van der Waals surface area (Å²) < 4.78 is 5.29. The highest BCUT2D eigenvalue weighted by atomic mass is 35.5. The molecule has 4 nitrogen and oxygen atoms in total. The van der Waals surface area contributed by atoms with Gasteiger partial charge in [-0.3, -0.25) is 4.79 Å². The van der Waals surface area contributed by atoms with Gasteiger partial charge in [0.05, 0.1) is 17.7 Å². The topological polar surface area (TPSA) is 55.6 Å². The van der Waals surface area contributed by atoms with Crippen LogP contribution in [0.25, 0.3) is 0 Å². The number of anilines is 1. The van der Waals surface area contributed by atoms with Crippen molar-refractivity contribution in [2.75, 3.05) is 19.9 Å².